The molecule has 0 aliphatic rings. The monoisotopic (exact) mass is 302 g/mol. The summed E-state index contributed by atoms with van der Waals surface area (Å²) in [6.07, 6.45) is 0.911. The van der Waals surface area contributed by atoms with Crippen LogP contribution in [0.3, 0.4) is 0 Å². The van der Waals surface area contributed by atoms with Crippen molar-refractivity contribution in [2.24, 2.45) is 0 Å². The van der Waals surface area contributed by atoms with E-state index in [1.54, 1.807) is 12.1 Å². The van der Waals surface area contributed by atoms with E-state index in [9.17, 15) is 4.39 Å². The number of anilines is 1. The summed E-state index contributed by atoms with van der Waals surface area (Å²) in [6.45, 7) is 4.16. The Morgan fingerprint density at radius 3 is 2.52 bits per heavy atom. The summed E-state index contributed by atoms with van der Waals surface area (Å²) in [5.41, 5.74) is 3.06. The van der Waals surface area contributed by atoms with Crippen LogP contribution < -0.4 is 10.6 Å². The van der Waals surface area contributed by atoms with Crippen molar-refractivity contribution < 1.29 is 4.39 Å². The highest BCUT2D eigenvalue weighted by molar-refractivity contribution is 7.80. The second-order valence-electron chi connectivity index (χ2n) is 4.98. The normalized spacial score (nSPS) is 11.8. The molecule has 2 N–H and O–H groups in total. The van der Waals surface area contributed by atoms with E-state index in [-0.39, 0.29) is 11.9 Å². The van der Waals surface area contributed by atoms with E-state index in [2.05, 4.69) is 48.7 Å². The lowest BCUT2D eigenvalue weighted by Gasteiger charge is -2.20. The summed E-state index contributed by atoms with van der Waals surface area (Å²) < 4.78 is 13.1. The van der Waals surface area contributed by atoms with Gasteiger partial charge in [-0.05, 0) is 49.3 Å². The number of hydrogen-bond acceptors (Lipinski definition) is 1. The zero-order chi connectivity index (χ0) is 15.2. The Morgan fingerprint density at radius 2 is 1.90 bits per heavy atom. The molecule has 0 spiro atoms. The molecule has 0 radical (unpaired) electrons. The van der Waals surface area contributed by atoms with Gasteiger partial charge < -0.3 is 10.6 Å². The first-order valence-corrected chi connectivity index (χ1v) is 7.39. The van der Waals surface area contributed by atoms with Gasteiger partial charge in [-0.3, -0.25) is 0 Å². The van der Waals surface area contributed by atoms with Gasteiger partial charge in [-0.2, -0.15) is 0 Å². The van der Waals surface area contributed by atoms with Crippen LogP contribution in [-0.2, 0) is 0 Å². The molecule has 0 aliphatic heterocycles. The Kier molecular flexibility index (Phi) is 5.28. The van der Waals surface area contributed by atoms with Crippen LogP contribution in [0.25, 0.3) is 0 Å². The molecule has 0 aromatic heterocycles. The van der Waals surface area contributed by atoms with E-state index >= 15 is 0 Å². The van der Waals surface area contributed by atoms with Crippen molar-refractivity contribution in [2.45, 2.75) is 26.3 Å². The van der Waals surface area contributed by atoms with Gasteiger partial charge in [0.15, 0.2) is 5.11 Å². The van der Waals surface area contributed by atoms with Crippen LogP contribution in [-0.4, -0.2) is 5.11 Å². The number of rotatable bonds is 4. The van der Waals surface area contributed by atoms with Gasteiger partial charge in [0.2, 0.25) is 0 Å². The predicted octanol–water partition coefficient (Wildman–Crippen LogP) is 4.57. The first-order valence-electron chi connectivity index (χ1n) is 6.98. The second kappa shape index (κ2) is 7.18. The molecule has 0 fully saturated rings. The number of benzene rings is 2. The number of aryl methyl sites for hydroxylation is 1. The first-order chi connectivity index (χ1) is 10.1. The number of hydrogen-bond donors (Lipinski definition) is 2. The van der Waals surface area contributed by atoms with E-state index in [4.69, 9.17) is 12.2 Å². The van der Waals surface area contributed by atoms with E-state index in [1.807, 2.05) is 0 Å². The molecule has 21 heavy (non-hydrogen) atoms. The van der Waals surface area contributed by atoms with Gasteiger partial charge >= 0.3 is 0 Å². The summed E-state index contributed by atoms with van der Waals surface area (Å²) in [5.74, 6) is -0.284. The highest BCUT2D eigenvalue weighted by atomic mass is 32.1. The van der Waals surface area contributed by atoms with E-state index in [0.717, 1.165) is 6.42 Å². The van der Waals surface area contributed by atoms with Crippen LogP contribution >= 0.6 is 12.2 Å². The fourth-order valence-electron chi connectivity index (χ4n) is 2.11. The van der Waals surface area contributed by atoms with Crippen LogP contribution in [0.5, 0.6) is 0 Å². The maximum atomic E-state index is 13.1. The molecule has 2 aromatic carbocycles. The maximum Gasteiger partial charge on any atom is 0.171 e. The Morgan fingerprint density at radius 1 is 1.19 bits per heavy atom. The van der Waals surface area contributed by atoms with Crippen molar-refractivity contribution in [1.29, 1.82) is 0 Å². The zero-order valence-electron chi connectivity index (χ0n) is 12.2. The fourth-order valence-corrected chi connectivity index (χ4v) is 2.37. The Balaban J connectivity index is 2.01. The molecule has 2 aromatic rings. The summed E-state index contributed by atoms with van der Waals surface area (Å²) >= 11 is 5.30. The highest BCUT2D eigenvalue weighted by Crippen LogP contribution is 2.17. The van der Waals surface area contributed by atoms with Crippen molar-refractivity contribution in [2.75, 3.05) is 5.32 Å². The molecular formula is C17H19FN2S. The summed E-state index contributed by atoms with van der Waals surface area (Å²) in [4.78, 5) is 0. The molecule has 0 heterocycles. The minimum absolute atomic E-state index is 0.138. The standard InChI is InChI=1S/C17H19FN2S/c1-3-16(13-9-7-12(2)8-10-13)20-17(21)19-15-6-4-5-14(18)11-15/h4-11,16H,3H2,1-2H3,(H2,19,20,21)/t16-/m0/s1. The summed E-state index contributed by atoms with van der Waals surface area (Å²) in [7, 11) is 0. The van der Waals surface area contributed by atoms with E-state index in [1.165, 1.54) is 23.3 Å². The lowest BCUT2D eigenvalue weighted by Crippen LogP contribution is -2.32. The lowest BCUT2D eigenvalue weighted by molar-refractivity contribution is 0.626. The summed E-state index contributed by atoms with van der Waals surface area (Å²) in [6, 6.07) is 14.8. The average Bonchev–Trinajstić information content (AvgIpc) is 2.46. The largest absolute Gasteiger partial charge is 0.356 e. The molecule has 0 unspecified atom stereocenters. The van der Waals surface area contributed by atoms with Gasteiger partial charge in [0.05, 0.1) is 6.04 Å². The van der Waals surface area contributed by atoms with Crippen molar-refractivity contribution in [3.05, 3.63) is 65.5 Å². The molecule has 0 saturated carbocycles. The summed E-state index contributed by atoms with van der Waals surface area (Å²) in [5, 5.41) is 6.77. The van der Waals surface area contributed by atoms with Crippen LogP contribution in [0.1, 0.15) is 30.5 Å². The highest BCUT2D eigenvalue weighted by Gasteiger charge is 2.10. The van der Waals surface area contributed by atoms with Crippen molar-refractivity contribution >= 4 is 23.0 Å². The third kappa shape index (κ3) is 4.53. The van der Waals surface area contributed by atoms with Gasteiger partial charge in [-0.25, -0.2) is 4.39 Å². The SMILES string of the molecule is CC[C@H](NC(=S)Nc1cccc(F)c1)c1ccc(C)cc1. The molecule has 0 amide bonds. The number of thiocarbonyl (C=S) groups is 1. The van der Waals surface area contributed by atoms with Gasteiger partial charge in [-0.1, -0.05) is 42.8 Å². The molecule has 2 rings (SSSR count). The third-order valence-electron chi connectivity index (χ3n) is 3.28. The Bertz CT molecular complexity index is 610. The van der Waals surface area contributed by atoms with Gasteiger partial charge in [0, 0.05) is 5.69 Å². The van der Waals surface area contributed by atoms with E-state index < -0.39 is 0 Å². The zero-order valence-corrected chi connectivity index (χ0v) is 13.0. The maximum absolute atomic E-state index is 13.1. The Labute approximate surface area is 130 Å². The fraction of sp³-hybridized carbons (Fsp3) is 0.235. The van der Waals surface area contributed by atoms with Crippen LogP contribution in [0.2, 0.25) is 0 Å². The lowest BCUT2D eigenvalue weighted by atomic mass is 10.0. The predicted molar refractivity (Wildman–Crippen MR) is 90.0 cm³/mol. The molecule has 0 saturated heterocycles. The number of nitrogens with one attached hydrogen (secondary N) is 2. The molecule has 110 valence electrons. The molecule has 0 aliphatic carbocycles. The van der Waals surface area contributed by atoms with Crippen molar-refractivity contribution in [3.63, 3.8) is 0 Å². The molecule has 1 atom stereocenters. The van der Waals surface area contributed by atoms with Crippen LogP contribution in [0, 0.1) is 12.7 Å². The molecule has 0 bridgehead atoms. The van der Waals surface area contributed by atoms with Crippen LogP contribution in [0.4, 0.5) is 10.1 Å². The third-order valence-corrected chi connectivity index (χ3v) is 3.50. The topological polar surface area (TPSA) is 24.1 Å². The minimum atomic E-state index is -0.284. The van der Waals surface area contributed by atoms with Crippen LogP contribution in [0.15, 0.2) is 48.5 Å². The van der Waals surface area contributed by atoms with Crippen molar-refractivity contribution in [3.8, 4) is 0 Å². The number of halogens is 1. The Hall–Kier alpha value is -1.94. The molecular weight excluding hydrogens is 283 g/mol. The van der Waals surface area contributed by atoms with E-state index in [0.29, 0.717) is 10.8 Å². The van der Waals surface area contributed by atoms with Gasteiger partial charge in [-0.15, -0.1) is 0 Å². The molecule has 2 nitrogen and oxygen atoms in total. The van der Waals surface area contributed by atoms with Crippen molar-refractivity contribution in [1.82, 2.24) is 5.32 Å². The second-order valence-corrected chi connectivity index (χ2v) is 5.39. The van der Waals surface area contributed by atoms with Gasteiger partial charge in [0.1, 0.15) is 5.82 Å². The molecule has 4 heteroatoms. The van der Waals surface area contributed by atoms with Gasteiger partial charge in [0.25, 0.3) is 0 Å². The smallest absolute Gasteiger partial charge is 0.171 e. The first kappa shape index (κ1) is 15.4. The quantitative estimate of drug-likeness (QED) is 0.809. The minimum Gasteiger partial charge on any atom is -0.356 e. The average molecular weight is 302 g/mol.